The number of nitrogens with one attached hydrogen (secondary N) is 1. The molecule has 0 saturated carbocycles. The van der Waals surface area contributed by atoms with E-state index in [1.54, 1.807) is 24.3 Å². The smallest absolute Gasteiger partial charge is 0.281 e. The van der Waals surface area contributed by atoms with E-state index in [2.05, 4.69) is 25.6 Å². The van der Waals surface area contributed by atoms with Gasteiger partial charge in [-0.25, -0.2) is 4.98 Å². The molecule has 0 atom stereocenters. The summed E-state index contributed by atoms with van der Waals surface area (Å²) in [5.41, 5.74) is 6.07. The molecular weight excluding hydrogens is 346 g/mol. The quantitative estimate of drug-likeness (QED) is 0.874. The minimum atomic E-state index is -3.84. The molecule has 1 aromatic heterocycles. The van der Waals surface area contributed by atoms with E-state index in [-0.39, 0.29) is 10.7 Å². The van der Waals surface area contributed by atoms with Crippen molar-refractivity contribution >= 4 is 37.3 Å². The summed E-state index contributed by atoms with van der Waals surface area (Å²) >= 11 is 3.29. The van der Waals surface area contributed by atoms with Gasteiger partial charge in [-0.05, 0) is 40.2 Å². The number of aromatic nitrogens is 1. The van der Waals surface area contributed by atoms with Crippen LogP contribution in [-0.4, -0.2) is 20.5 Å². The van der Waals surface area contributed by atoms with Crippen molar-refractivity contribution < 1.29 is 13.2 Å². The number of pyridine rings is 1. The topological polar surface area (TPSA) is 94.3 Å². The van der Waals surface area contributed by atoms with Crippen LogP contribution in [0, 0.1) is 0 Å². The second-order valence-corrected chi connectivity index (χ2v) is 6.30. The van der Waals surface area contributed by atoms with Crippen molar-refractivity contribution in [3.8, 4) is 5.75 Å². The number of hydrogen-bond donors (Lipinski definition) is 2. The fourth-order valence-corrected chi connectivity index (χ4v) is 3.07. The van der Waals surface area contributed by atoms with Crippen LogP contribution in [0.15, 0.2) is 46.0 Å². The number of sulfonamides is 1. The van der Waals surface area contributed by atoms with Crippen molar-refractivity contribution in [1.29, 1.82) is 0 Å². The Bertz CT molecular complexity index is 734. The van der Waals surface area contributed by atoms with E-state index in [9.17, 15) is 8.42 Å². The Morgan fingerprint density at radius 2 is 2.10 bits per heavy atom. The number of hydrogen-bond acceptors (Lipinski definition) is 5. The van der Waals surface area contributed by atoms with Gasteiger partial charge in [0.05, 0.1) is 23.0 Å². The Labute approximate surface area is 125 Å². The Hall–Kier alpha value is -1.80. The number of rotatable bonds is 4. The fraction of sp³-hybridized carbons (Fsp3) is 0.0833. The lowest BCUT2D eigenvalue weighted by Gasteiger charge is -2.10. The highest BCUT2D eigenvalue weighted by Gasteiger charge is 2.19. The molecule has 0 aliphatic carbocycles. The molecule has 1 heterocycles. The number of nitrogen functional groups attached to an aromatic ring is 1. The van der Waals surface area contributed by atoms with Crippen LogP contribution in [0.3, 0.4) is 0 Å². The fourth-order valence-electron chi connectivity index (χ4n) is 1.55. The first kappa shape index (κ1) is 14.6. The number of ether oxygens (including phenoxy) is 1. The third-order valence-corrected chi connectivity index (χ3v) is 4.47. The normalized spacial score (nSPS) is 11.1. The summed E-state index contributed by atoms with van der Waals surface area (Å²) < 4.78 is 32.6. The second kappa shape index (κ2) is 5.68. The summed E-state index contributed by atoms with van der Waals surface area (Å²) in [4.78, 5) is 3.79. The number of benzene rings is 1. The molecule has 0 unspecified atom stereocenters. The summed E-state index contributed by atoms with van der Waals surface area (Å²) in [6, 6.07) is 7.88. The average Bonchev–Trinajstić information content (AvgIpc) is 2.41. The first-order valence-electron chi connectivity index (χ1n) is 5.51. The van der Waals surface area contributed by atoms with Crippen LogP contribution in [0.1, 0.15) is 0 Å². The van der Waals surface area contributed by atoms with Crippen LogP contribution in [-0.2, 0) is 10.0 Å². The van der Waals surface area contributed by atoms with Crippen LogP contribution < -0.4 is 15.2 Å². The predicted molar refractivity (Wildman–Crippen MR) is 80.2 cm³/mol. The van der Waals surface area contributed by atoms with Gasteiger partial charge in [0.15, 0.2) is 5.03 Å². The SMILES string of the molecule is COc1cc(NS(=O)(=O)c2ncccc2N)ccc1Br. The summed E-state index contributed by atoms with van der Waals surface area (Å²) in [6.45, 7) is 0. The highest BCUT2D eigenvalue weighted by atomic mass is 79.9. The lowest BCUT2D eigenvalue weighted by molar-refractivity contribution is 0.412. The number of anilines is 2. The monoisotopic (exact) mass is 357 g/mol. The van der Waals surface area contributed by atoms with Crippen molar-refractivity contribution in [3.05, 3.63) is 41.0 Å². The first-order valence-corrected chi connectivity index (χ1v) is 7.78. The van der Waals surface area contributed by atoms with Gasteiger partial charge in [0.25, 0.3) is 10.0 Å². The Balaban J connectivity index is 2.36. The lowest BCUT2D eigenvalue weighted by Crippen LogP contribution is -2.16. The molecule has 0 aliphatic rings. The van der Waals surface area contributed by atoms with Gasteiger partial charge in [-0.1, -0.05) is 0 Å². The van der Waals surface area contributed by atoms with Crippen LogP contribution in [0.4, 0.5) is 11.4 Å². The van der Waals surface area contributed by atoms with Crippen molar-refractivity contribution in [3.63, 3.8) is 0 Å². The standard InChI is InChI=1S/C12H12BrN3O3S/c1-19-11-7-8(4-5-9(11)13)16-20(17,18)12-10(14)3-2-6-15-12/h2-7,16H,14H2,1H3. The van der Waals surface area contributed by atoms with Gasteiger partial charge in [0.2, 0.25) is 0 Å². The van der Waals surface area contributed by atoms with Crippen molar-refractivity contribution in [2.45, 2.75) is 5.03 Å². The molecule has 0 spiro atoms. The number of methoxy groups -OCH3 is 1. The van der Waals surface area contributed by atoms with Gasteiger partial charge in [-0.3, -0.25) is 4.72 Å². The van der Waals surface area contributed by atoms with Gasteiger partial charge in [0, 0.05) is 12.3 Å². The molecule has 0 bridgehead atoms. The van der Waals surface area contributed by atoms with Crippen molar-refractivity contribution in [2.75, 3.05) is 17.6 Å². The van der Waals surface area contributed by atoms with Gasteiger partial charge >= 0.3 is 0 Å². The van der Waals surface area contributed by atoms with Crippen molar-refractivity contribution in [2.24, 2.45) is 0 Å². The molecule has 1 aromatic carbocycles. The van der Waals surface area contributed by atoms with Gasteiger partial charge < -0.3 is 10.5 Å². The molecule has 20 heavy (non-hydrogen) atoms. The molecule has 6 nitrogen and oxygen atoms in total. The second-order valence-electron chi connectivity index (χ2n) is 3.85. The van der Waals surface area contributed by atoms with Gasteiger partial charge in [-0.15, -0.1) is 0 Å². The van der Waals surface area contributed by atoms with Gasteiger partial charge in [0.1, 0.15) is 5.75 Å². The zero-order valence-corrected chi connectivity index (χ0v) is 12.9. The maximum Gasteiger partial charge on any atom is 0.281 e. The molecule has 0 fully saturated rings. The Kier molecular flexibility index (Phi) is 4.15. The molecule has 0 radical (unpaired) electrons. The van der Waals surface area contributed by atoms with E-state index < -0.39 is 10.0 Å². The highest BCUT2D eigenvalue weighted by Crippen LogP contribution is 2.29. The molecule has 8 heteroatoms. The van der Waals surface area contributed by atoms with Crippen LogP contribution in [0.5, 0.6) is 5.75 Å². The largest absolute Gasteiger partial charge is 0.495 e. The van der Waals surface area contributed by atoms with E-state index >= 15 is 0 Å². The molecule has 0 amide bonds. The summed E-state index contributed by atoms with van der Waals surface area (Å²) in [6.07, 6.45) is 1.37. The van der Waals surface area contributed by atoms with Gasteiger partial charge in [-0.2, -0.15) is 8.42 Å². The van der Waals surface area contributed by atoms with Crippen LogP contribution in [0.25, 0.3) is 0 Å². The maximum absolute atomic E-state index is 12.2. The number of nitrogens with two attached hydrogens (primary N) is 1. The Morgan fingerprint density at radius 3 is 2.75 bits per heavy atom. The summed E-state index contributed by atoms with van der Waals surface area (Å²) in [5.74, 6) is 0.513. The Morgan fingerprint density at radius 1 is 1.35 bits per heavy atom. The molecule has 106 valence electrons. The van der Waals surface area contributed by atoms with Crippen LogP contribution in [0.2, 0.25) is 0 Å². The lowest BCUT2D eigenvalue weighted by atomic mass is 10.3. The van der Waals surface area contributed by atoms with E-state index in [0.717, 1.165) is 4.47 Å². The number of halogens is 1. The van der Waals surface area contributed by atoms with E-state index in [0.29, 0.717) is 11.4 Å². The molecule has 2 rings (SSSR count). The molecule has 2 aromatic rings. The average molecular weight is 358 g/mol. The van der Waals surface area contributed by atoms with E-state index in [1.807, 2.05) is 0 Å². The zero-order chi connectivity index (χ0) is 14.8. The van der Waals surface area contributed by atoms with Crippen molar-refractivity contribution in [1.82, 2.24) is 4.98 Å². The summed E-state index contributed by atoms with van der Waals surface area (Å²) in [5, 5.41) is -0.207. The molecular formula is C12H12BrN3O3S. The number of nitrogens with zero attached hydrogens (tertiary/aromatic N) is 1. The minimum Gasteiger partial charge on any atom is -0.495 e. The minimum absolute atomic E-state index is 0.0871. The van der Waals surface area contributed by atoms with E-state index in [4.69, 9.17) is 10.5 Å². The zero-order valence-electron chi connectivity index (χ0n) is 10.5. The highest BCUT2D eigenvalue weighted by molar-refractivity contribution is 9.10. The molecule has 0 aliphatic heterocycles. The van der Waals surface area contributed by atoms with Crippen LogP contribution >= 0.6 is 15.9 Å². The third kappa shape index (κ3) is 3.02. The predicted octanol–water partition coefficient (Wildman–Crippen LogP) is 2.24. The molecule has 0 saturated heterocycles. The van der Waals surface area contributed by atoms with E-state index in [1.165, 1.54) is 19.4 Å². The molecule has 3 N–H and O–H groups in total. The summed E-state index contributed by atoms with van der Waals surface area (Å²) in [7, 11) is -2.34. The first-order chi connectivity index (χ1) is 9.44. The third-order valence-electron chi connectivity index (χ3n) is 2.46. The maximum atomic E-state index is 12.2.